The van der Waals surface area contributed by atoms with Crippen molar-refractivity contribution < 1.29 is 13.9 Å². The summed E-state index contributed by atoms with van der Waals surface area (Å²) >= 11 is 3.27. The normalized spacial score (nSPS) is 10.6. The molecule has 0 aliphatic heterocycles. The van der Waals surface area contributed by atoms with Crippen molar-refractivity contribution >= 4 is 32.8 Å². The minimum Gasteiger partial charge on any atom is -0.462 e. The summed E-state index contributed by atoms with van der Waals surface area (Å²) < 4.78 is 18.1. The molecule has 1 heterocycles. The molecular formula is C13H11BrFNO2. The van der Waals surface area contributed by atoms with Gasteiger partial charge >= 0.3 is 5.97 Å². The number of ether oxygens (including phenoxy) is 1. The molecule has 0 saturated carbocycles. The molecule has 18 heavy (non-hydrogen) atoms. The third-order valence-corrected chi connectivity index (χ3v) is 3.01. The molecule has 1 aromatic heterocycles. The molecule has 0 spiro atoms. The van der Waals surface area contributed by atoms with E-state index in [0.29, 0.717) is 34.1 Å². The summed E-state index contributed by atoms with van der Waals surface area (Å²) in [6.45, 7) is 2.05. The lowest BCUT2D eigenvalue weighted by atomic mass is 10.1. The number of hydrogen-bond donors (Lipinski definition) is 0. The van der Waals surface area contributed by atoms with Crippen LogP contribution in [0.1, 0.15) is 23.0 Å². The standard InChI is InChI=1S/C13H11BrFNO2/c1-2-18-13(17)10-5-8-3-4-9(15)6-11(8)16-12(10)7-14/h3-6H,2,7H2,1H3. The van der Waals surface area contributed by atoms with Crippen LogP contribution in [0.3, 0.4) is 0 Å². The second-order valence-electron chi connectivity index (χ2n) is 3.67. The molecule has 5 heteroatoms. The quantitative estimate of drug-likeness (QED) is 0.644. The van der Waals surface area contributed by atoms with Crippen molar-refractivity contribution in [2.45, 2.75) is 12.3 Å². The summed E-state index contributed by atoms with van der Waals surface area (Å²) in [6, 6.07) is 5.96. The van der Waals surface area contributed by atoms with E-state index in [1.165, 1.54) is 12.1 Å². The molecule has 1 aromatic carbocycles. The highest BCUT2D eigenvalue weighted by Gasteiger charge is 2.14. The molecule has 0 atom stereocenters. The average molecular weight is 312 g/mol. The number of esters is 1. The highest BCUT2D eigenvalue weighted by atomic mass is 79.9. The van der Waals surface area contributed by atoms with Crippen LogP contribution in [0, 0.1) is 5.82 Å². The first-order chi connectivity index (χ1) is 8.65. The Morgan fingerprint density at radius 3 is 2.89 bits per heavy atom. The van der Waals surface area contributed by atoms with Gasteiger partial charge in [0, 0.05) is 16.8 Å². The van der Waals surface area contributed by atoms with Gasteiger partial charge in [0.25, 0.3) is 0 Å². The Bertz CT molecular complexity index is 601. The number of pyridine rings is 1. The number of nitrogens with zero attached hydrogens (tertiary/aromatic N) is 1. The summed E-state index contributed by atoms with van der Waals surface area (Å²) in [5, 5.41) is 1.12. The van der Waals surface area contributed by atoms with E-state index in [4.69, 9.17) is 4.74 Å². The van der Waals surface area contributed by atoms with Crippen LogP contribution in [0.15, 0.2) is 24.3 Å². The first-order valence-electron chi connectivity index (χ1n) is 5.48. The van der Waals surface area contributed by atoms with E-state index in [1.807, 2.05) is 0 Å². The van der Waals surface area contributed by atoms with E-state index < -0.39 is 5.97 Å². The molecule has 0 unspecified atom stereocenters. The number of carbonyl (C=O) groups is 1. The van der Waals surface area contributed by atoms with Gasteiger partial charge in [-0.25, -0.2) is 9.18 Å². The molecule has 0 fully saturated rings. The lowest BCUT2D eigenvalue weighted by Gasteiger charge is -2.08. The van der Waals surface area contributed by atoms with Crippen LogP contribution in [-0.2, 0) is 10.1 Å². The number of fused-ring (bicyclic) bond motifs is 1. The van der Waals surface area contributed by atoms with Crippen molar-refractivity contribution in [3.63, 3.8) is 0 Å². The predicted octanol–water partition coefficient (Wildman–Crippen LogP) is 3.45. The van der Waals surface area contributed by atoms with Crippen molar-refractivity contribution in [1.29, 1.82) is 0 Å². The summed E-state index contributed by atoms with van der Waals surface area (Å²) in [7, 11) is 0. The fraction of sp³-hybridized carbons (Fsp3) is 0.231. The highest BCUT2D eigenvalue weighted by Crippen LogP contribution is 2.20. The molecule has 0 saturated heterocycles. The molecule has 0 aliphatic carbocycles. The van der Waals surface area contributed by atoms with Crippen LogP contribution in [0.2, 0.25) is 0 Å². The summed E-state index contributed by atoms with van der Waals surface area (Å²) in [5.41, 5.74) is 1.48. The topological polar surface area (TPSA) is 39.2 Å². The molecule has 0 radical (unpaired) electrons. The first kappa shape index (κ1) is 13.0. The first-order valence-corrected chi connectivity index (χ1v) is 6.60. The Balaban J connectivity index is 2.59. The molecule has 0 amide bonds. The summed E-state index contributed by atoms with van der Waals surface area (Å²) in [6.07, 6.45) is 0. The van der Waals surface area contributed by atoms with Crippen LogP contribution in [0.25, 0.3) is 10.9 Å². The fourth-order valence-electron chi connectivity index (χ4n) is 1.67. The minimum absolute atomic E-state index is 0.308. The number of aromatic nitrogens is 1. The molecule has 0 N–H and O–H groups in total. The summed E-state index contributed by atoms with van der Waals surface area (Å²) in [5.74, 6) is -0.759. The van der Waals surface area contributed by atoms with Gasteiger partial charge in [0.1, 0.15) is 5.82 Å². The van der Waals surface area contributed by atoms with E-state index in [0.717, 1.165) is 0 Å². The van der Waals surface area contributed by atoms with Gasteiger partial charge in [0.2, 0.25) is 0 Å². The Labute approximate surface area is 112 Å². The van der Waals surface area contributed by atoms with Crippen LogP contribution < -0.4 is 0 Å². The number of benzene rings is 1. The highest BCUT2D eigenvalue weighted by molar-refractivity contribution is 9.08. The monoisotopic (exact) mass is 311 g/mol. The Morgan fingerprint density at radius 1 is 1.44 bits per heavy atom. The lowest BCUT2D eigenvalue weighted by molar-refractivity contribution is 0.0525. The molecule has 0 bridgehead atoms. The van der Waals surface area contributed by atoms with Gasteiger partial charge in [0.05, 0.1) is 23.4 Å². The third kappa shape index (κ3) is 2.51. The predicted molar refractivity (Wildman–Crippen MR) is 70.3 cm³/mol. The Hall–Kier alpha value is -1.49. The molecule has 0 aliphatic rings. The van der Waals surface area contributed by atoms with E-state index in [-0.39, 0.29) is 5.82 Å². The number of rotatable bonds is 3. The molecule has 2 aromatic rings. The van der Waals surface area contributed by atoms with Gasteiger partial charge in [-0.05, 0) is 25.1 Å². The maximum atomic E-state index is 13.1. The van der Waals surface area contributed by atoms with Gasteiger partial charge < -0.3 is 4.74 Å². The SMILES string of the molecule is CCOC(=O)c1cc2ccc(F)cc2nc1CBr. The van der Waals surface area contributed by atoms with E-state index in [2.05, 4.69) is 20.9 Å². The molecule has 2 rings (SSSR count). The van der Waals surface area contributed by atoms with Crippen molar-refractivity contribution in [3.05, 3.63) is 41.3 Å². The number of alkyl halides is 1. The zero-order valence-corrected chi connectivity index (χ0v) is 11.3. The van der Waals surface area contributed by atoms with E-state index in [1.54, 1.807) is 19.1 Å². The smallest absolute Gasteiger partial charge is 0.340 e. The molecular weight excluding hydrogens is 301 g/mol. The van der Waals surface area contributed by atoms with Crippen molar-refractivity contribution in [2.75, 3.05) is 6.61 Å². The Kier molecular flexibility index (Phi) is 3.91. The van der Waals surface area contributed by atoms with Gasteiger partial charge in [-0.15, -0.1) is 0 Å². The van der Waals surface area contributed by atoms with Gasteiger partial charge in [-0.1, -0.05) is 15.9 Å². The second kappa shape index (κ2) is 5.44. The van der Waals surface area contributed by atoms with Gasteiger partial charge in [-0.3, -0.25) is 4.98 Å². The van der Waals surface area contributed by atoms with Crippen LogP contribution in [-0.4, -0.2) is 17.6 Å². The Morgan fingerprint density at radius 2 is 2.22 bits per heavy atom. The zero-order chi connectivity index (χ0) is 13.1. The third-order valence-electron chi connectivity index (χ3n) is 2.48. The maximum Gasteiger partial charge on any atom is 0.340 e. The minimum atomic E-state index is -0.411. The second-order valence-corrected chi connectivity index (χ2v) is 4.23. The number of carbonyl (C=O) groups excluding carboxylic acids is 1. The van der Waals surface area contributed by atoms with Crippen molar-refractivity contribution in [1.82, 2.24) is 4.98 Å². The number of hydrogen-bond acceptors (Lipinski definition) is 3. The van der Waals surface area contributed by atoms with E-state index >= 15 is 0 Å². The molecule has 94 valence electrons. The average Bonchev–Trinajstić information content (AvgIpc) is 2.37. The fourth-order valence-corrected chi connectivity index (χ4v) is 2.10. The lowest BCUT2D eigenvalue weighted by Crippen LogP contribution is -2.09. The summed E-state index contributed by atoms with van der Waals surface area (Å²) in [4.78, 5) is 16.0. The van der Waals surface area contributed by atoms with Crippen molar-refractivity contribution in [3.8, 4) is 0 Å². The zero-order valence-electron chi connectivity index (χ0n) is 9.74. The van der Waals surface area contributed by atoms with Gasteiger partial charge in [0.15, 0.2) is 0 Å². The van der Waals surface area contributed by atoms with E-state index in [9.17, 15) is 9.18 Å². The van der Waals surface area contributed by atoms with Crippen LogP contribution >= 0.6 is 15.9 Å². The maximum absolute atomic E-state index is 13.1. The largest absolute Gasteiger partial charge is 0.462 e. The van der Waals surface area contributed by atoms with Crippen molar-refractivity contribution in [2.24, 2.45) is 0 Å². The number of halogens is 2. The van der Waals surface area contributed by atoms with Gasteiger partial charge in [-0.2, -0.15) is 0 Å². The molecule has 3 nitrogen and oxygen atoms in total. The van der Waals surface area contributed by atoms with Crippen LogP contribution in [0.4, 0.5) is 4.39 Å². The van der Waals surface area contributed by atoms with Crippen LogP contribution in [0.5, 0.6) is 0 Å².